The van der Waals surface area contributed by atoms with Crippen molar-refractivity contribution in [3.8, 4) is 0 Å². The van der Waals surface area contributed by atoms with E-state index in [1.165, 1.54) is 32.1 Å². The number of carbonyl (C=O) groups is 1. The number of carbonyl (C=O) groups excluding carboxylic acids is 1. The number of benzene rings is 1. The van der Waals surface area contributed by atoms with Crippen LogP contribution in [0.2, 0.25) is 0 Å². The van der Waals surface area contributed by atoms with Crippen molar-refractivity contribution < 1.29 is 4.79 Å². The van der Waals surface area contributed by atoms with E-state index in [0.717, 1.165) is 16.5 Å². The highest BCUT2D eigenvalue weighted by atomic mass is 79.9. The third-order valence-electron chi connectivity index (χ3n) is 3.56. The average Bonchev–Trinajstić information content (AvgIpc) is 2.33. The monoisotopic (exact) mass is 294 g/mol. The van der Waals surface area contributed by atoms with Crippen molar-refractivity contribution in [3.63, 3.8) is 0 Å². The summed E-state index contributed by atoms with van der Waals surface area (Å²) in [5.41, 5.74) is 1.13. The summed E-state index contributed by atoms with van der Waals surface area (Å²) in [6.45, 7) is 0. The van der Waals surface area contributed by atoms with Crippen molar-refractivity contribution >= 4 is 21.7 Å². The summed E-state index contributed by atoms with van der Waals surface area (Å²) in [7, 11) is 0. The van der Waals surface area contributed by atoms with Gasteiger partial charge in [0.15, 0.2) is 0 Å². The fourth-order valence-electron chi connectivity index (χ4n) is 2.62. The van der Waals surface area contributed by atoms with E-state index < -0.39 is 0 Å². The molecule has 0 heterocycles. The molecule has 2 heteroatoms. The van der Waals surface area contributed by atoms with Gasteiger partial charge in [0.2, 0.25) is 0 Å². The summed E-state index contributed by atoms with van der Waals surface area (Å²) in [6.07, 6.45) is 7.89. The lowest BCUT2D eigenvalue weighted by molar-refractivity contribution is -0.119. The van der Waals surface area contributed by atoms with Crippen LogP contribution in [0, 0.1) is 5.92 Å². The Hall–Kier alpha value is -0.630. The molecule has 0 spiro atoms. The Morgan fingerprint density at radius 3 is 2.41 bits per heavy atom. The summed E-state index contributed by atoms with van der Waals surface area (Å²) < 4.78 is 1.07. The molecule has 0 bridgehead atoms. The smallest absolute Gasteiger partial charge is 0.137 e. The van der Waals surface area contributed by atoms with Gasteiger partial charge < -0.3 is 0 Å². The molecule has 0 aromatic heterocycles. The first kappa shape index (κ1) is 12.8. The summed E-state index contributed by atoms with van der Waals surface area (Å²) >= 11 is 3.41. The Morgan fingerprint density at radius 1 is 1.12 bits per heavy atom. The van der Waals surface area contributed by atoms with Crippen LogP contribution in [-0.2, 0) is 11.2 Å². The van der Waals surface area contributed by atoms with E-state index in [2.05, 4.69) is 15.9 Å². The van der Waals surface area contributed by atoms with E-state index in [-0.39, 0.29) is 0 Å². The van der Waals surface area contributed by atoms with Crippen LogP contribution in [0.5, 0.6) is 0 Å². The maximum atomic E-state index is 12.0. The van der Waals surface area contributed by atoms with E-state index in [9.17, 15) is 4.79 Å². The van der Waals surface area contributed by atoms with Crippen LogP contribution in [0.25, 0.3) is 0 Å². The molecule has 17 heavy (non-hydrogen) atoms. The van der Waals surface area contributed by atoms with Gasteiger partial charge in [-0.2, -0.15) is 0 Å². The highest BCUT2D eigenvalue weighted by Crippen LogP contribution is 2.26. The third kappa shape index (κ3) is 4.27. The maximum absolute atomic E-state index is 12.0. The molecule has 1 aliphatic carbocycles. The van der Waals surface area contributed by atoms with E-state index >= 15 is 0 Å². The second-order valence-corrected chi connectivity index (χ2v) is 5.97. The van der Waals surface area contributed by atoms with Crippen LogP contribution in [0.3, 0.4) is 0 Å². The molecule has 0 N–H and O–H groups in total. The minimum atomic E-state index is 0.402. The van der Waals surface area contributed by atoms with Crippen LogP contribution in [0.1, 0.15) is 44.1 Å². The molecule has 1 aliphatic rings. The van der Waals surface area contributed by atoms with Crippen LogP contribution in [-0.4, -0.2) is 5.78 Å². The standard InChI is InChI=1S/C15H19BrO/c16-14-8-6-13(7-9-14)11-15(17)10-12-4-2-1-3-5-12/h6-9,12H,1-5,10-11H2. The summed E-state index contributed by atoms with van der Waals surface area (Å²) in [6, 6.07) is 8.07. The predicted octanol–water partition coefficient (Wildman–Crippen LogP) is 4.53. The molecule has 1 nitrogen and oxygen atoms in total. The molecule has 92 valence electrons. The highest BCUT2D eigenvalue weighted by molar-refractivity contribution is 9.10. The minimum Gasteiger partial charge on any atom is -0.299 e. The average molecular weight is 295 g/mol. The second kappa shape index (κ2) is 6.34. The zero-order chi connectivity index (χ0) is 12.1. The van der Waals surface area contributed by atoms with Crippen molar-refractivity contribution in [2.75, 3.05) is 0 Å². The fourth-order valence-corrected chi connectivity index (χ4v) is 2.88. The Bertz CT molecular complexity index is 363. The number of rotatable bonds is 4. The van der Waals surface area contributed by atoms with Gasteiger partial charge in [-0.05, 0) is 23.6 Å². The lowest BCUT2D eigenvalue weighted by Gasteiger charge is -2.20. The van der Waals surface area contributed by atoms with Gasteiger partial charge in [0, 0.05) is 17.3 Å². The quantitative estimate of drug-likeness (QED) is 0.797. The molecule has 0 amide bonds. The molecule has 0 unspecified atom stereocenters. The van der Waals surface area contributed by atoms with Crippen molar-refractivity contribution in [1.29, 1.82) is 0 Å². The van der Waals surface area contributed by atoms with E-state index in [1.54, 1.807) is 0 Å². The molecule has 2 rings (SSSR count). The number of halogens is 1. The van der Waals surface area contributed by atoms with Gasteiger partial charge in [-0.25, -0.2) is 0 Å². The van der Waals surface area contributed by atoms with Gasteiger partial charge in [-0.1, -0.05) is 60.2 Å². The SMILES string of the molecule is O=C(Cc1ccc(Br)cc1)CC1CCCCC1. The molecular formula is C15H19BrO. The zero-order valence-corrected chi connectivity index (χ0v) is 11.7. The molecule has 0 atom stereocenters. The topological polar surface area (TPSA) is 17.1 Å². The van der Waals surface area contributed by atoms with Crippen LogP contribution in [0.15, 0.2) is 28.7 Å². The largest absolute Gasteiger partial charge is 0.299 e. The Morgan fingerprint density at radius 2 is 1.76 bits per heavy atom. The summed E-state index contributed by atoms with van der Waals surface area (Å²) in [4.78, 5) is 12.0. The zero-order valence-electron chi connectivity index (χ0n) is 10.1. The van der Waals surface area contributed by atoms with E-state index in [4.69, 9.17) is 0 Å². The lowest BCUT2D eigenvalue weighted by atomic mass is 9.85. The normalized spacial score (nSPS) is 17.0. The van der Waals surface area contributed by atoms with Crippen molar-refractivity contribution in [1.82, 2.24) is 0 Å². The molecule has 0 saturated heterocycles. The van der Waals surface area contributed by atoms with Crippen LogP contribution >= 0.6 is 15.9 Å². The second-order valence-electron chi connectivity index (χ2n) is 5.05. The van der Waals surface area contributed by atoms with Gasteiger partial charge in [-0.15, -0.1) is 0 Å². The van der Waals surface area contributed by atoms with E-state index in [0.29, 0.717) is 18.1 Å². The molecule has 1 aromatic rings. The lowest BCUT2D eigenvalue weighted by Crippen LogP contribution is -2.13. The maximum Gasteiger partial charge on any atom is 0.137 e. The molecule has 1 aromatic carbocycles. The Kier molecular flexibility index (Phi) is 4.78. The number of hydrogen-bond donors (Lipinski definition) is 0. The number of hydrogen-bond acceptors (Lipinski definition) is 1. The molecular weight excluding hydrogens is 276 g/mol. The Balaban J connectivity index is 1.82. The van der Waals surface area contributed by atoms with Crippen LogP contribution in [0.4, 0.5) is 0 Å². The minimum absolute atomic E-state index is 0.402. The van der Waals surface area contributed by atoms with Gasteiger partial charge >= 0.3 is 0 Å². The van der Waals surface area contributed by atoms with Crippen molar-refractivity contribution in [3.05, 3.63) is 34.3 Å². The van der Waals surface area contributed by atoms with Gasteiger partial charge in [0.05, 0.1) is 0 Å². The molecule has 1 fully saturated rings. The van der Waals surface area contributed by atoms with E-state index in [1.807, 2.05) is 24.3 Å². The molecule has 0 radical (unpaired) electrons. The first-order valence-electron chi connectivity index (χ1n) is 6.50. The number of Topliss-reactive ketones (excluding diaryl/α,β-unsaturated/α-hetero) is 1. The highest BCUT2D eigenvalue weighted by Gasteiger charge is 2.16. The Labute approximate surface area is 112 Å². The van der Waals surface area contributed by atoms with Gasteiger partial charge in [-0.3, -0.25) is 4.79 Å². The summed E-state index contributed by atoms with van der Waals surface area (Å²) in [5.74, 6) is 1.06. The molecule has 1 saturated carbocycles. The van der Waals surface area contributed by atoms with Crippen molar-refractivity contribution in [2.24, 2.45) is 5.92 Å². The van der Waals surface area contributed by atoms with Gasteiger partial charge in [0.1, 0.15) is 5.78 Å². The number of ketones is 1. The predicted molar refractivity (Wildman–Crippen MR) is 74.0 cm³/mol. The molecule has 0 aliphatic heterocycles. The third-order valence-corrected chi connectivity index (χ3v) is 4.08. The summed E-state index contributed by atoms with van der Waals surface area (Å²) in [5, 5.41) is 0. The van der Waals surface area contributed by atoms with Gasteiger partial charge in [0.25, 0.3) is 0 Å². The first-order valence-corrected chi connectivity index (χ1v) is 7.29. The van der Waals surface area contributed by atoms with Crippen LogP contribution < -0.4 is 0 Å². The fraction of sp³-hybridized carbons (Fsp3) is 0.533. The van der Waals surface area contributed by atoms with Crippen molar-refractivity contribution in [2.45, 2.75) is 44.9 Å². The first-order chi connectivity index (χ1) is 8.24.